The molecule has 1 aromatic rings. The maximum Gasteiger partial charge on any atom is 0.338 e. The van der Waals surface area contributed by atoms with Crippen molar-refractivity contribution in [3.63, 3.8) is 0 Å². The van der Waals surface area contributed by atoms with Crippen molar-refractivity contribution in [2.24, 2.45) is 0 Å². The number of methoxy groups -OCH3 is 2. The molecule has 0 aliphatic heterocycles. The smallest absolute Gasteiger partial charge is 0.338 e. The molecule has 16 heavy (non-hydrogen) atoms. The van der Waals surface area contributed by atoms with Gasteiger partial charge >= 0.3 is 11.9 Å². The van der Waals surface area contributed by atoms with Crippen LogP contribution in [0.5, 0.6) is 0 Å². The molecular weight excluding hydrogens is 212 g/mol. The fraction of sp³-hybridized carbons (Fsp3) is 0.273. The Morgan fingerprint density at radius 1 is 1.12 bits per heavy atom. The molecule has 5 heteroatoms. The van der Waals surface area contributed by atoms with Crippen LogP contribution in [0.25, 0.3) is 0 Å². The Hall–Kier alpha value is -1.88. The molecule has 1 radical (unpaired) electrons. The maximum atomic E-state index is 11.3. The maximum absolute atomic E-state index is 11.3. The van der Waals surface area contributed by atoms with E-state index < -0.39 is 18.5 Å². The summed E-state index contributed by atoms with van der Waals surface area (Å²) < 4.78 is 9.02. The number of hydrogen-bond donors (Lipinski definition) is 0. The molecule has 85 valence electrons. The van der Waals surface area contributed by atoms with Crippen molar-refractivity contribution in [3.8, 4) is 0 Å². The second-order valence-corrected chi connectivity index (χ2v) is 3.00. The van der Waals surface area contributed by atoms with Crippen LogP contribution in [0.4, 0.5) is 0 Å². The zero-order valence-corrected chi connectivity index (χ0v) is 8.98. The van der Waals surface area contributed by atoms with E-state index in [0.717, 1.165) is 0 Å². The van der Waals surface area contributed by atoms with Crippen molar-refractivity contribution in [1.29, 1.82) is 0 Å². The minimum atomic E-state index is -0.602. The van der Waals surface area contributed by atoms with Gasteiger partial charge in [0, 0.05) is 0 Å². The van der Waals surface area contributed by atoms with Gasteiger partial charge in [0.15, 0.2) is 0 Å². The molecule has 0 saturated heterocycles. The fourth-order valence-corrected chi connectivity index (χ4v) is 1.27. The third-order valence-corrected chi connectivity index (χ3v) is 2.09. The minimum Gasteiger partial charge on any atom is -0.465 e. The van der Waals surface area contributed by atoms with E-state index in [2.05, 4.69) is 9.47 Å². The lowest BCUT2D eigenvalue weighted by atomic mass is 10.0. The Balaban J connectivity index is 3.16. The lowest BCUT2D eigenvalue weighted by Crippen LogP contribution is -2.08. The van der Waals surface area contributed by atoms with Gasteiger partial charge in [0.25, 0.3) is 0 Å². The molecular formula is C11H11O5. The van der Waals surface area contributed by atoms with E-state index >= 15 is 0 Å². The molecule has 1 aromatic carbocycles. The van der Waals surface area contributed by atoms with Crippen LogP contribution in [0.3, 0.4) is 0 Å². The summed E-state index contributed by atoms with van der Waals surface area (Å²) in [6, 6.07) is 4.13. The number of ether oxygens (including phenoxy) is 2. The highest BCUT2D eigenvalue weighted by Crippen LogP contribution is 2.14. The summed E-state index contributed by atoms with van der Waals surface area (Å²) in [5.41, 5.74) is 0.626. The van der Waals surface area contributed by atoms with Gasteiger partial charge < -0.3 is 9.47 Å². The first-order valence-electron chi connectivity index (χ1n) is 4.51. The van der Waals surface area contributed by atoms with Gasteiger partial charge in [0.05, 0.1) is 25.3 Å². The zero-order valence-electron chi connectivity index (χ0n) is 8.98. The number of benzene rings is 1. The highest BCUT2D eigenvalue weighted by Gasteiger charge is 2.14. The van der Waals surface area contributed by atoms with Gasteiger partial charge in [-0.25, -0.2) is 14.7 Å². The van der Waals surface area contributed by atoms with Crippen LogP contribution in [-0.2, 0) is 21.2 Å². The third kappa shape index (κ3) is 2.38. The highest BCUT2D eigenvalue weighted by molar-refractivity contribution is 5.94. The van der Waals surface area contributed by atoms with E-state index in [4.69, 9.17) is 0 Å². The van der Waals surface area contributed by atoms with E-state index in [9.17, 15) is 14.7 Å². The summed E-state index contributed by atoms with van der Waals surface area (Å²) in [5, 5.41) is 10.9. The van der Waals surface area contributed by atoms with Crippen molar-refractivity contribution < 1.29 is 24.2 Å². The Morgan fingerprint density at radius 2 is 1.75 bits per heavy atom. The SMILES string of the molecule is COC(=O)c1ccc(C(=O)OC)c(C[O])c1. The van der Waals surface area contributed by atoms with Gasteiger partial charge in [-0.1, -0.05) is 0 Å². The highest BCUT2D eigenvalue weighted by atomic mass is 16.5. The summed E-state index contributed by atoms with van der Waals surface area (Å²) >= 11 is 0. The zero-order chi connectivity index (χ0) is 12.1. The van der Waals surface area contributed by atoms with Crippen molar-refractivity contribution in [2.45, 2.75) is 6.61 Å². The van der Waals surface area contributed by atoms with Gasteiger partial charge in [-0.05, 0) is 23.8 Å². The van der Waals surface area contributed by atoms with Crippen LogP contribution in [0, 0.1) is 0 Å². The van der Waals surface area contributed by atoms with Crippen molar-refractivity contribution in [2.75, 3.05) is 14.2 Å². The van der Waals surface area contributed by atoms with Gasteiger partial charge in [-0.2, -0.15) is 0 Å². The molecule has 1 rings (SSSR count). The largest absolute Gasteiger partial charge is 0.465 e. The normalized spacial score (nSPS) is 9.69. The molecule has 0 amide bonds. The van der Waals surface area contributed by atoms with E-state index in [0.29, 0.717) is 0 Å². The number of carbonyl (C=O) groups excluding carboxylic acids is 2. The lowest BCUT2D eigenvalue weighted by molar-refractivity contribution is 0.0582. The van der Waals surface area contributed by atoms with Crippen LogP contribution in [-0.4, -0.2) is 26.2 Å². The van der Waals surface area contributed by atoms with Gasteiger partial charge in [-0.15, -0.1) is 0 Å². The minimum absolute atomic E-state index is 0.171. The number of rotatable bonds is 3. The van der Waals surface area contributed by atoms with E-state index in [1.165, 1.54) is 32.4 Å². The average molecular weight is 223 g/mol. The summed E-state index contributed by atoms with van der Waals surface area (Å²) in [7, 11) is 2.47. The Morgan fingerprint density at radius 3 is 2.25 bits per heavy atom. The third-order valence-electron chi connectivity index (χ3n) is 2.09. The second-order valence-electron chi connectivity index (χ2n) is 3.00. The first kappa shape index (κ1) is 12.2. The topological polar surface area (TPSA) is 72.5 Å². The Kier molecular flexibility index (Phi) is 4.02. The molecule has 0 heterocycles. The molecule has 0 N–H and O–H groups in total. The predicted molar refractivity (Wildman–Crippen MR) is 53.5 cm³/mol. The van der Waals surface area contributed by atoms with Crippen molar-refractivity contribution in [1.82, 2.24) is 0 Å². The first-order valence-corrected chi connectivity index (χ1v) is 4.51. The summed E-state index contributed by atoms with van der Waals surface area (Å²) in [6.07, 6.45) is 0. The van der Waals surface area contributed by atoms with E-state index in [1.54, 1.807) is 0 Å². The molecule has 0 unspecified atom stereocenters. The van der Waals surface area contributed by atoms with Gasteiger partial charge in [0.1, 0.15) is 6.61 Å². The lowest BCUT2D eigenvalue weighted by Gasteiger charge is -2.06. The molecule has 5 nitrogen and oxygen atoms in total. The summed E-state index contributed by atoms with van der Waals surface area (Å²) in [6.45, 7) is -0.602. The molecule has 0 aliphatic carbocycles. The van der Waals surface area contributed by atoms with Crippen LogP contribution < -0.4 is 0 Å². The number of esters is 2. The average Bonchev–Trinajstić information content (AvgIpc) is 2.35. The summed E-state index contributed by atoms with van der Waals surface area (Å²) in [5.74, 6) is -1.15. The number of hydrogen-bond acceptors (Lipinski definition) is 4. The second kappa shape index (κ2) is 5.27. The standard InChI is InChI=1S/C11H11O5/c1-15-10(13)7-3-4-9(11(14)16-2)8(5-7)6-12/h3-5H,6H2,1-2H3. The Labute approximate surface area is 92.6 Å². The molecule has 0 saturated carbocycles. The van der Waals surface area contributed by atoms with Gasteiger partial charge in [0.2, 0.25) is 0 Å². The van der Waals surface area contributed by atoms with Gasteiger partial charge in [-0.3, -0.25) is 0 Å². The van der Waals surface area contributed by atoms with Crippen molar-refractivity contribution >= 4 is 11.9 Å². The monoisotopic (exact) mass is 223 g/mol. The Bertz CT molecular complexity index is 411. The molecule has 0 bridgehead atoms. The molecule has 0 aromatic heterocycles. The first-order chi connectivity index (χ1) is 7.63. The fourth-order valence-electron chi connectivity index (χ4n) is 1.27. The molecule has 0 spiro atoms. The van der Waals surface area contributed by atoms with Crippen LogP contribution in [0.15, 0.2) is 18.2 Å². The van der Waals surface area contributed by atoms with E-state index in [1.807, 2.05) is 0 Å². The van der Waals surface area contributed by atoms with E-state index in [-0.39, 0.29) is 16.7 Å². The molecule has 0 aliphatic rings. The molecule has 0 fully saturated rings. The summed E-state index contributed by atoms with van der Waals surface area (Å²) in [4.78, 5) is 22.5. The predicted octanol–water partition coefficient (Wildman–Crippen LogP) is 1.19. The van der Waals surface area contributed by atoms with Crippen molar-refractivity contribution in [3.05, 3.63) is 34.9 Å². The molecule has 0 atom stereocenters. The number of carbonyl (C=O) groups is 2. The van der Waals surface area contributed by atoms with Crippen LogP contribution in [0.2, 0.25) is 0 Å². The quantitative estimate of drug-likeness (QED) is 0.721. The van der Waals surface area contributed by atoms with Crippen LogP contribution >= 0.6 is 0 Å². The van der Waals surface area contributed by atoms with Crippen LogP contribution in [0.1, 0.15) is 26.3 Å².